The van der Waals surface area contributed by atoms with Gasteiger partial charge in [-0.2, -0.15) is 0 Å². The first-order valence-corrected chi connectivity index (χ1v) is 8.87. The minimum absolute atomic E-state index is 0.150. The number of para-hydroxylation sites is 1. The molecule has 0 radical (unpaired) electrons. The lowest BCUT2D eigenvalue weighted by atomic mass is 10.2. The van der Waals surface area contributed by atoms with Gasteiger partial charge in [0.15, 0.2) is 0 Å². The van der Waals surface area contributed by atoms with Crippen LogP contribution in [0.15, 0.2) is 63.9 Å². The molecule has 0 spiro atoms. The number of aryl methyl sites for hydroxylation is 1. The van der Waals surface area contributed by atoms with Gasteiger partial charge in [-0.05, 0) is 30.7 Å². The molecule has 0 amide bonds. The van der Waals surface area contributed by atoms with E-state index >= 15 is 0 Å². The smallest absolute Gasteiger partial charge is 0.251 e. The van der Waals surface area contributed by atoms with Gasteiger partial charge in [-0.25, -0.2) is 9.97 Å². The number of pyridine rings is 1. The van der Waals surface area contributed by atoms with E-state index in [1.165, 1.54) is 6.07 Å². The van der Waals surface area contributed by atoms with Crippen LogP contribution in [0.4, 0.5) is 5.82 Å². The maximum atomic E-state index is 11.8. The molecule has 4 aromatic rings. The first-order valence-electron chi connectivity index (χ1n) is 8.87. The fourth-order valence-corrected chi connectivity index (χ4v) is 3.01. The van der Waals surface area contributed by atoms with Gasteiger partial charge >= 0.3 is 0 Å². The van der Waals surface area contributed by atoms with Gasteiger partial charge in [0.05, 0.1) is 6.54 Å². The molecule has 4 rings (SSSR count). The van der Waals surface area contributed by atoms with Crippen LogP contribution < -0.4 is 10.5 Å². The van der Waals surface area contributed by atoms with E-state index in [0.29, 0.717) is 18.8 Å². The predicted octanol–water partition coefficient (Wildman–Crippen LogP) is 3.78. The highest BCUT2D eigenvalue weighted by Crippen LogP contribution is 2.22. The Morgan fingerprint density at radius 3 is 2.74 bits per heavy atom. The van der Waals surface area contributed by atoms with E-state index in [2.05, 4.69) is 15.0 Å². The number of nitrogens with one attached hydrogen (secondary N) is 1. The minimum atomic E-state index is -0.150. The number of rotatable bonds is 5. The second-order valence-corrected chi connectivity index (χ2v) is 6.45. The van der Waals surface area contributed by atoms with Crippen molar-refractivity contribution in [1.82, 2.24) is 15.0 Å². The second-order valence-electron chi connectivity index (χ2n) is 6.45. The molecule has 0 unspecified atom stereocenters. The van der Waals surface area contributed by atoms with Gasteiger partial charge in [-0.1, -0.05) is 25.1 Å². The van der Waals surface area contributed by atoms with Crippen LogP contribution in [0.3, 0.4) is 0 Å². The Morgan fingerprint density at radius 2 is 2.00 bits per heavy atom. The fourth-order valence-electron chi connectivity index (χ4n) is 3.01. The molecule has 3 heterocycles. The van der Waals surface area contributed by atoms with Gasteiger partial charge < -0.3 is 14.3 Å². The number of fused-ring (bicyclic) bond motifs is 1. The van der Waals surface area contributed by atoms with E-state index < -0.39 is 0 Å². The van der Waals surface area contributed by atoms with Crippen LogP contribution in [0.1, 0.15) is 18.4 Å². The number of hydrogen-bond donors (Lipinski definition) is 1. The Morgan fingerprint density at radius 1 is 1.15 bits per heavy atom. The molecule has 0 atom stereocenters. The molecule has 1 N–H and O–H groups in total. The van der Waals surface area contributed by atoms with Crippen molar-refractivity contribution in [3.63, 3.8) is 0 Å². The van der Waals surface area contributed by atoms with Crippen molar-refractivity contribution < 1.29 is 4.42 Å². The number of benzene rings is 1. The second kappa shape index (κ2) is 7.07. The molecule has 136 valence electrons. The molecule has 1 aromatic carbocycles. The van der Waals surface area contributed by atoms with Crippen molar-refractivity contribution in [3.8, 4) is 11.4 Å². The van der Waals surface area contributed by atoms with Crippen molar-refractivity contribution in [1.29, 1.82) is 0 Å². The van der Waals surface area contributed by atoms with Crippen LogP contribution in [0.2, 0.25) is 0 Å². The van der Waals surface area contributed by atoms with Crippen LogP contribution in [0.5, 0.6) is 0 Å². The zero-order valence-electron chi connectivity index (χ0n) is 15.3. The number of anilines is 1. The Bertz CT molecular complexity index is 1100. The Balaban J connectivity index is 1.54. The fraction of sp³-hybridized carbons (Fsp3) is 0.190. The van der Waals surface area contributed by atoms with Crippen molar-refractivity contribution in [3.05, 3.63) is 76.5 Å². The normalized spacial score (nSPS) is 11.0. The molecule has 0 fully saturated rings. The zero-order chi connectivity index (χ0) is 18.8. The molecular weight excluding hydrogens is 340 g/mol. The van der Waals surface area contributed by atoms with Crippen LogP contribution in [-0.2, 0) is 13.0 Å². The van der Waals surface area contributed by atoms with Crippen molar-refractivity contribution >= 4 is 16.8 Å². The number of nitrogens with zero attached hydrogens (tertiary/aromatic N) is 3. The first-order chi connectivity index (χ1) is 13.1. The Hall–Kier alpha value is -3.41. The molecular formula is C21H20N4O2. The average Bonchev–Trinajstić information content (AvgIpc) is 3.09. The van der Waals surface area contributed by atoms with E-state index in [4.69, 9.17) is 4.42 Å². The van der Waals surface area contributed by atoms with Crippen LogP contribution in [0, 0.1) is 0 Å². The lowest BCUT2D eigenvalue weighted by Crippen LogP contribution is -2.17. The Labute approximate surface area is 156 Å². The Kier molecular flexibility index (Phi) is 4.46. The highest BCUT2D eigenvalue weighted by Gasteiger charge is 2.10. The predicted molar refractivity (Wildman–Crippen MR) is 106 cm³/mol. The molecule has 6 nitrogen and oxygen atoms in total. The summed E-state index contributed by atoms with van der Waals surface area (Å²) in [6.07, 6.45) is 2.44. The summed E-state index contributed by atoms with van der Waals surface area (Å²) in [5, 5.41) is 1.09. The van der Waals surface area contributed by atoms with Gasteiger partial charge in [-0.3, -0.25) is 4.79 Å². The molecule has 0 aliphatic rings. The number of aromatic amines is 1. The topological polar surface area (TPSA) is 75.0 Å². The maximum absolute atomic E-state index is 11.8. The molecule has 0 saturated heterocycles. The summed E-state index contributed by atoms with van der Waals surface area (Å²) < 4.78 is 5.87. The van der Waals surface area contributed by atoms with Crippen LogP contribution in [0.25, 0.3) is 22.4 Å². The zero-order valence-corrected chi connectivity index (χ0v) is 15.3. The minimum Gasteiger partial charge on any atom is -0.459 e. The summed E-state index contributed by atoms with van der Waals surface area (Å²) in [4.78, 5) is 25.5. The van der Waals surface area contributed by atoms with E-state index in [9.17, 15) is 4.79 Å². The van der Waals surface area contributed by atoms with Crippen LogP contribution in [-0.4, -0.2) is 22.0 Å². The van der Waals surface area contributed by atoms with Gasteiger partial charge in [0, 0.05) is 36.0 Å². The molecule has 0 aliphatic heterocycles. The summed E-state index contributed by atoms with van der Waals surface area (Å²) in [5.74, 6) is 2.23. The van der Waals surface area contributed by atoms with Gasteiger partial charge in [0.2, 0.25) is 0 Å². The standard InChI is InChI=1S/C21H20N4O2/c1-3-16-11-20(26)24-21(23-16)15-8-9-19(22-12-15)25(2)13-17-10-14-6-4-5-7-18(14)27-17/h4-12H,3,13H2,1-2H3,(H,23,24,26). The summed E-state index contributed by atoms with van der Waals surface area (Å²) in [7, 11) is 1.97. The highest BCUT2D eigenvalue weighted by molar-refractivity contribution is 5.77. The molecule has 6 heteroatoms. The molecule has 27 heavy (non-hydrogen) atoms. The molecule has 3 aromatic heterocycles. The number of hydrogen-bond acceptors (Lipinski definition) is 5. The van der Waals surface area contributed by atoms with E-state index in [-0.39, 0.29) is 5.56 Å². The molecule has 0 bridgehead atoms. The quantitative estimate of drug-likeness (QED) is 0.586. The van der Waals surface area contributed by atoms with Crippen molar-refractivity contribution in [2.45, 2.75) is 19.9 Å². The van der Waals surface area contributed by atoms with E-state index in [1.54, 1.807) is 6.20 Å². The van der Waals surface area contributed by atoms with Crippen LogP contribution >= 0.6 is 0 Å². The lowest BCUT2D eigenvalue weighted by Gasteiger charge is -2.16. The third kappa shape index (κ3) is 3.60. The average molecular weight is 360 g/mol. The molecule has 0 aliphatic carbocycles. The molecule has 0 saturated carbocycles. The van der Waals surface area contributed by atoms with Gasteiger partial charge in [-0.15, -0.1) is 0 Å². The van der Waals surface area contributed by atoms with E-state index in [1.807, 2.05) is 61.3 Å². The third-order valence-corrected chi connectivity index (χ3v) is 4.44. The van der Waals surface area contributed by atoms with Gasteiger partial charge in [0.25, 0.3) is 5.56 Å². The maximum Gasteiger partial charge on any atom is 0.251 e. The number of aromatic nitrogens is 3. The summed E-state index contributed by atoms with van der Waals surface area (Å²) in [5.41, 5.74) is 2.28. The number of furan rings is 1. The van der Waals surface area contributed by atoms with Crippen molar-refractivity contribution in [2.75, 3.05) is 11.9 Å². The van der Waals surface area contributed by atoms with Crippen molar-refractivity contribution in [2.24, 2.45) is 0 Å². The number of H-pyrrole nitrogens is 1. The lowest BCUT2D eigenvalue weighted by molar-refractivity contribution is 0.545. The van der Waals surface area contributed by atoms with E-state index in [0.717, 1.165) is 33.8 Å². The SMILES string of the molecule is CCc1cc(=O)[nH]c(-c2ccc(N(C)Cc3cc4ccccc4o3)nc2)n1. The largest absolute Gasteiger partial charge is 0.459 e. The first kappa shape index (κ1) is 17.0. The summed E-state index contributed by atoms with van der Waals surface area (Å²) in [6.45, 7) is 2.58. The van der Waals surface area contributed by atoms with Gasteiger partial charge in [0.1, 0.15) is 23.0 Å². The highest BCUT2D eigenvalue weighted by atomic mass is 16.3. The summed E-state index contributed by atoms with van der Waals surface area (Å²) >= 11 is 0. The third-order valence-electron chi connectivity index (χ3n) is 4.44. The monoisotopic (exact) mass is 360 g/mol. The summed E-state index contributed by atoms with van der Waals surface area (Å²) in [6, 6.07) is 15.4.